The highest BCUT2D eigenvalue weighted by Gasteiger charge is 2.12. The maximum atomic E-state index is 12.5. The number of ether oxygens (including phenoxy) is 4. The first-order valence-electron chi connectivity index (χ1n) is 10.3. The molecule has 0 aromatic heterocycles. The molecule has 0 radical (unpaired) electrons. The fourth-order valence-corrected chi connectivity index (χ4v) is 3.13. The molecule has 0 bridgehead atoms. The number of benzene rings is 3. The summed E-state index contributed by atoms with van der Waals surface area (Å²) in [6.07, 6.45) is 1.39. The van der Waals surface area contributed by atoms with Crippen molar-refractivity contribution in [3.63, 3.8) is 0 Å². The van der Waals surface area contributed by atoms with Gasteiger partial charge in [0.2, 0.25) is 0 Å². The summed E-state index contributed by atoms with van der Waals surface area (Å²) in [6, 6.07) is 18.6. The molecule has 0 aliphatic heterocycles. The number of hydrazone groups is 1. The van der Waals surface area contributed by atoms with Gasteiger partial charge < -0.3 is 18.9 Å². The molecule has 0 atom stereocenters. The lowest BCUT2D eigenvalue weighted by atomic mass is 10.2. The van der Waals surface area contributed by atoms with Gasteiger partial charge >= 0.3 is 5.97 Å². The fraction of sp³-hybridized carbons (Fsp3) is 0.160. The molecule has 0 fully saturated rings. The van der Waals surface area contributed by atoms with E-state index < -0.39 is 11.9 Å². The van der Waals surface area contributed by atoms with E-state index in [2.05, 4.69) is 26.5 Å². The fourth-order valence-electron chi connectivity index (χ4n) is 2.75. The molecular formula is C25H23BrN2O6. The van der Waals surface area contributed by atoms with Crippen LogP contribution in [0.1, 0.15) is 22.8 Å². The number of hydrogen-bond donors (Lipinski definition) is 1. The summed E-state index contributed by atoms with van der Waals surface area (Å²) in [5, 5.41) is 3.94. The first-order chi connectivity index (χ1) is 16.5. The average Bonchev–Trinajstić information content (AvgIpc) is 2.85. The van der Waals surface area contributed by atoms with E-state index in [-0.39, 0.29) is 12.4 Å². The molecule has 0 unspecified atom stereocenters. The van der Waals surface area contributed by atoms with Crippen LogP contribution in [0.15, 0.2) is 76.3 Å². The Bertz CT molecular complexity index is 1150. The molecule has 34 heavy (non-hydrogen) atoms. The predicted octanol–water partition coefficient (Wildman–Crippen LogP) is 4.60. The van der Waals surface area contributed by atoms with E-state index in [1.807, 2.05) is 6.92 Å². The van der Waals surface area contributed by atoms with Gasteiger partial charge in [-0.05, 0) is 73.7 Å². The van der Waals surface area contributed by atoms with Crippen LogP contribution in [0.4, 0.5) is 0 Å². The largest absolute Gasteiger partial charge is 0.497 e. The first kappa shape index (κ1) is 24.8. The third-order valence-corrected chi connectivity index (χ3v) is 4.89. The lowest BCUT2D eigenvalue weighted by Gasteiger charge is -2.09. The molecule has 0 saturated carbocycles. The summed E-state index contributed by atoms with van der Waals surface area (Å²) in [6.45, 7) is 2.20. The molecule has 9 heteroatoms. The Hall–Kier alpha value is -3.85. The average molecular weight is 527 g/mol. The zero-order valence-electron chi connectivity index (χ0n) is 18.6. The van der Waals surface area contributed by atoms with Gasteiger partial charge in [0.15, 0.2) is 6.61 Å². The van der Waals surface area contributed by atoms with E-state index in [0.29, 0.717) is 35.0 Å². The van der Waals surface area contributed by atoms with Crippen LogP contribution >= 0.6 is 15.9 Å². The van der Waals surface area contributed by atoms with Crippen molar-refractivity contribution < 1.29 is 28.5 Å². The van der Waals surface area contributed by atoms with Crippen LogP contribution in [0.2, 0.25) is 0 Å². The molecule has 8 nitrogen and oxygen atoms in total. The maximum Gasteiger partial charge on any atom is 0.343 e. The van der Waals surface area contributed by atoms with E-state index >= 15 is 0 Å². The van der Waals surface area contributed by atoms with Crippen LogP contribution in [0, 0.1) is 0 Å². The molecule has 0 saturated heterocycles. The van der Waals surface area contributed by atoms with Crippen LogP contribution < -0.4 is 24.4 Å². The summed E-state index contributed by atoms with van der Waals surface area (Å²) in [5.41, 5.74) is 3.25. The SMILES string of the molecule is CCOc1ccc(C(=O)Oc2ccc(Br)cc2/C=N/NC(=O)COc2ccc(OC)cc2)cc1. The highest BCUT2D eigenvalue weighted by molar-refractivity contribution is 9.10. The number of nitrogens with one attached hydrogen (secondary N) is 1. The molecule has 0 aliphatic rings. The van der Waals surface area contributed by atoms with Gasteiger partial charge in [-0.25, -0.2) is 10.2 Å². The lowest BCUT2D eigenvalue weighted by Crippen LogP contribution is -2.24. The van der Waals surface area contributed by atoms with Gasteiger partial charge in [0.25, 0.3) is 5.91 Å². The number of esters is 1. The number of carbonyl (C=O) groups is 2. The number of methoxy groups -OCH3 is 1. The number of rotatable bonds is 10. The van der Waals surface area contributed by atoms with Gasteiger partial charge in [-0.3, -0.25) is 4.79 Å². The number of amides is 1. The molecule has 3 rings (SSSR count). The molecule has 1 amide bonds. The molecule has 3 aromatic carbocycles. The smallest absolute Gasteiger partial charge is 0.343 e. The molecule has 0 heterocycles. The topological polar surface area (TPSA) is 95.5 Å². The van der Waals surface area contributed by atoms with E-state index in [9.17, 15) is 9.59 Å². The van der Waals surface area contributed by atoms with E-state index in [0.717, 1.165) is 4.47 Å². The van der Waals surface area contributed by atoms with E-state index in [1.165, 1.54) is 6.21 Å². The van der Waals surface area contributed by atoms with Crippen molar-refractivity contribution in [3.05, 3.63) is 82.3 Å². The summed E-state index contributed by atoms with van der Waals surface area (Å²) >= 11 is 3.38. The van der Waals surface area contributed by atoms with Crippen molar-refractivity contribution in [3.8, 4) is 23.0 Å². The van der Waals surface area contributed by atoms with E-state index in [4.69, 9.17) is 18.9 Å². The molecule has 1 N–H and O–H groups in total. The monoisotopic (exact) mass is 526 g/mol. The van der Waals surface area contributed by atoms with Gasteiger partial charge in [0.1, 0.15) is 23.0 Å². The zero-order chi connectivity index (χ0) is 24.3. The second kappa shape index (κ2) is 12.4. The van der Waals surface area contributed by atoms with Gasteiger partial charge in [-0.15, -0.1) is 0 Å². The predicted molar refractivity (Wildman–Crippen MR) is 131 cm³/mol. The van der Waals surface area contributed by atoms with Crippen molar-refractivity contribution in [2.45, 2.75) is 6.92 Å². The normalized spacial score (nSPS) is 10.6. The number of carbonyl (C=O) groups excluding carboxylic acids is 2. The summed E-state index contributed by atoms with van der Waals surface area (Å²) in [4.78, 5) is 24.6. The molecule has 176 valence electrons. The van der Waals surface area contributed by atoms with Gasteiger partial charge in [-0.1, -0.05) is 15.9 Å². The Morgan fingerprint density at radius 3 is 2.26 bits per heavy atom. The second-order valence-corrected chi connectivity index (χ2v) is 7.70. The van der Waals surface area contributed by atoms with Crippen molar-refractivity contribution in [1.82, 2.24) is 5.43 Å². The Morgan fingerprint density at radius 2 is 1.59 bits per heavy atom. The summed E-state index contributed by atoms with van der Waals surface area (Å²) < 4.78 is 22.2. The highest BCUT2D eigenvalue weighted by atomic mass is 79.9. The molecule has 0 aliphatic carbocycles. The molecule has 0 spiro atoms. The highest BCUT2D eigenvalue weighted by Crippen LogP contribution is 2.23. The van der Waals surface area contributed by atoms with Crippen LogP contribution in [-0.4, -0.2) is 38.4 Å². The molecular weight excluding hydrogens is 504 g/mol. The van der Waals surface area contributed by atoms with Crippen molar-refractivity contribution in [1.29, 1.82) is 0 Å². The van der Waals surface area contributed by atoms with Crippen LogP contribution in [0.5, 0.6) is 23.0 Å². The van der Waals surface area contributed by atoms with Gasteiger partial charge in [0, 0.05) is 10.0 Å². The Kier molecular flexibility index (Phi) is 9.04. The lowest BCUT2D eigenvalue weighted by molar-refractivity contribution is -0.123. The van der Waals surface area contributed by atoms with Crippen molar-refractivity contribution in [2.24, 2.45) is 5.10 Å². The van der Waals surface area contributed by atoms with E-state index in [1.54, 1.807) is 73.8 Å². The standard InChI is InChI=1S/C25H23BrN2O6/c1-3-32-21-7-4-17(5-8-21)25(30)34-23-13-6-19(26)14-18(23)15-27-28-24(29)16-33-22-11-9-20(31-2)10-12-22/h4-15H,3,16H2,1-2H3,(H,28,29)/b27-15+. The minimum atomic E-state index is -0.531. The van der Waals surface area contributed by atoms with Gasteiger partial charge in [-0.2, -0.15) is 5.10 Å². The Balaban J connectivity index is 1.59. The quantitative estimate of drug-likeness (QED) is 0.179. The van der Waals surface area contributed by atoms with Crippen LogP contribution in [0.3, 0.4) is 0 Å². The third-order valence-electron chi connectivity index (χ3n) is 4.40. The minimum Gasteiger partial charge on any atom is -0.497 e. The minimum absolute atomic E-state index is 0.220. The first-order valence-corrected chi connectivity index (χ1v) is 11.1. The molecule has 3 aromatic rings. The third kappa shape index (κ3) is 7.35. The van der Waals surface area contributed by atoms with Crippen LogP contribution in [-0.2, 0) is 4.79 Å². The second-order valence-electron chi connectivity index (χ2n) is 6.79. The Labute approximate surface area is 205 Å². The number of nitrogens with zero attached hydrogens (tertiary/aromatic N) is 1. The van der Waals surface area contributed by atoms with Gasteiger partial charge in [0.05, 0.1) is 25.5 Å². The summed E-state index contributed by atoms with van der Waals surface area (Å²) in [7, 11) is 1.57. The number of halogens is 1. The maximum absolute atomic E-state index is 12.5. The van der Waals surface area contributed by atoms with Crippen molar-refractivity contribution >= 4 is 34.0 Å². The zero-order valence-corrected chi connectivity index (χ0v) is 20.2. The number of hydrogen-bond acceptors (Lipinski definition) is 7. The Morgan fingerprint density at radius 1 is 0.941 bits per heavy atom. The van der Waals surface area contributed by atoms with Crippen LogP contribution in [0.25, 0.3) is 0 Å². The van der Waals surface area contributed by atoms with Crippen molar-refractivity contribution in [2.75, 3.05) is 20.3 Å². The summed E-state index contributed by atoms with van der Waals surface area (Å²) in [5.74, 6) is 1.19.